The van der Waals surface area contributed by atoms with Crippen LogP contribution in [0.3, 0.4) is 0 Å². The highest BCUT2D eigenvalue weighted by Crippen LogP contribution is 2.45. The molecule has 0 atom stereocenters. The first kappa shape index (κ1) is 32.8. The zero-order chi connectivity index (χ0) is 38.8. The monoisotopic (exact) mass is 869 g/mol. The van der Waals surface area contributed by atoms with Crippen LogP contribution in [0, 0.1) is 3.57 Å². The van der Waals surface area contributed by atoms with Gasteiger partial charge in [-0.05, 0) is 88.3 Å². The van der Waals surface area contributed by atoms with E-state index in [1.807, 2.05) is 54.6 Å². The Morgan fingerprint density at radius 3 is 1.71 bits per heavy atom. The molecule has 0 saturated heterocycles. The Morgan fingerprint density at radius 2 is 0.983 bits per heavy atom. The van der Waals surface area contributed by atoms with Gasteiger partial charge in [-0.1, -0.05) is 115 Å². The number of hydrogen-bond acceptors (Lipinski definition) is 5. The molecule has 8 aromatic carbocycles. The van der Waals surface area contributed by atoms with Gasteiger partial charge in [0.25, 0.3) is 0 Å². The molecule has 0 N–H and O–H groups in total. The fourth-order valence-electron chi connectivity index (χ4n) is 9.18. The maximum absolute atomic E-state index is 6.62. The third-order valence-corrected chi connectivity index (χ3v) is 12.7. The molecule has 0 saturated carbocycles. The standard InChI is InChI=1S/C52H28IN3O3/c53-48-49(36-19-12-24-42-45(36)33-16-5-9-21-39(33)57-42)54-51(30-27-37(29-13-2-1-3-14-29)46-34-17-6-10-22-40(34)59-44(46)28-30)55-52(48)56-38-20-8-4-15-31(38)32-25-26-43-47(50(32)56)35-18-7-11-23-41(35)58-43/h1-28H. The van der Waals surface area contributed by atoms with E-state index in [1.165, 1.54) is 0 Å². The highest BCUT2D eigenvalue weighted by molar-refractivity contribution is 14.1. The first-order chi connectivity index (χ1) is 29.2. The van der Waals surface area contributed by atoms with Gasteiger partial charge in [0.1, 0.15) is 33.5 Å². The molecule has 59 heavy (non-hydrogen) atoms. The van der Waals surface area contributed by atoms with Gasteiger partial charge in [0, 0.05) is 48.8 Å². The van der Waals surface area contributed by atoms with Crippen molar-refractivity contribution in [2.75, 3.05) is 0 Å². The van der Waals surface area contributed by atoms with Crippen LogP contribution in [-0.4, -0.2) is 14.5 Å². The average molecular weight is 870 g/mol. The van der Waals surface area contributed by atoms with Crippen LogP contribution in [0.25, 0.3) is 127 Å². The van der Waals surface area contributed by atoms with Crippen LogP contribution in [0.5, 0.6) is 0 Å². The van der Waals surface area contributed by atoms with Crippen LogP contribution in [0.1, 0.15) is 0 Å². The topological polar surface area (TPSA) is 70.1 Å². The summed E-state index contributed by atoms with van der Waals surface area (Å²) in [5.41, 5.74) is 11.8. The molecule has 0 fully saturated rings. The minimum atomic E-state index is 0.579. The van der Waals surface area contributed by atoms with Gasteiger partial charge >= 0.3 is 0 Å². The molecule has 0 spiro atoms. The number of nitrogens with zero attached hydrogens (tertiary/aromatic N) is 3. The summed E-state index contributed by atoms with van der Waals surface area (Å²) in [6, 6.07) is 58.6. The van der Waals surface area contributed by atoms with Crippen molar-refractivity contribution in [2.24, 2.45) is 0 Å². The smallest absolute Gasteiger partial charge is 0.162 e. The molecule has 0 amide bonds. The lowest BCUT2D eigenvalue weighted by Crippen LogP contribution is -2.07. The molecule has 6 nitrogen and oxygen atoms in total. The summed E-state index contributed by atoms with van der Waals surface area (Å²) >= 11 is 2.46. The van der Waals surface area contributed by atoms with Crippen LogP contribution in [0.15, 0.2) is 183 Å². The lowest BCUT2D eigenvalue weighted by molar-refractivity contribution is 0.668. The zero-order valence-electron chi connectivity index (χ0n) is 31.1. The van der Waals surface area contributed by atoms with Gasteiger partial charge in [-0.2, -0.15) is 0 Å². The second-order valence-corrected chi connectivity index (χ2v) is 16.0. The minimum Gasteiger partial charge on any atom is -0.456 e. The van der Waals surface area contributed by atoms with E-state index in [4.69, 9.17) is 23.2 Å². The van der Waals surface area contributed by atoms with E-state index in [2.05, 4.69) is 142 Å². The number of para-hydroxylation sites is 4. The van der Waals surface area contributed by atoms with Crippen LogP contribution in [0.4, 0.5) is 0 Å². The maximum Gasteiger partial charge on any atom is 0.162 e. The summed E-state index contributed by atoms with van der Waals surface area (Å²) < 4.78 is 22.8. The Bertz CT molecular complexity index is 3870. The summed E-state index contributed by atoms with van der Waals surface area (Å²) in [5, 5.41) is 8.53. The molecular formula is C52H28IN3O3. The lowest BCUT2D eigenvalue weighted by Gasteiger charge is -2.16. The van der Waals surface area contributed by atoms with Gasteiger partial charge in [0.05, 0.1) is 25.7 Å². The molecule has 0 aliphatic carbocycles. The van der Waals surface area contributed by atoms with Gasteiger partial charge in [-0.15, -0.1) is 0 Å². The van der Waals surface area contributed by atoms with E-state index in [0.29, 0.717) is 5.82 Å². The SMILES string of the molecule is Ic1c(-c2cccc3oc4ccccc4c23)nc(-c2cc(-c3ccccc3)c3c(c2)oc2ccccc23)nc1-n1c2ccccc2c2ccc3oc4ccccc4c3c21. The minimum absolute atomic E-state index is 0.579. The highest BCUT2D eigenvalue weighted by atomic mass is 127. The summed E-state index contributed by atoms with van der Waals surface area (Å²) in [5.74, 6) is 1.35. The molecule has 7 heteroatoms. The number of aromatic nitrogens is 3. The number of furan rings is 3. The third kappa shape index (κ3) is 4.73. The van der Waals surface area contributed by atoms with Crippen molar-refractivity contribution >= 4 is 110 Å². The van der Waals surface area contributed by atoms with Gasteiger partial charge in [-0.3, -0.25) is 4.57 Å². The van der Waals surface area contributed by atoms with Crippen LogP contribution >= 0.6 is 22.6 Å². The summed E-state index contributed by atoms with van der Waals surface area (Å²) in [4.78, 5) is 11.2. The predicted molar refractivity (Wildman–Crippen MR) is 247 cm³/mol. The number of halogens is 1. The number of benzene rings is 8. The first-order valence-electron chi connectivity index (χ1n) is 19.5. The average Bonchev–Trinajstić information content (AvgIpc) is 4.05. The quantitative estimate of drug-likeness (QED) is 0.165. The Balaban J connectivity index is 1.20. The van der Waals surface area contributed by atoms with Crippen molar-refractivity contribution in [2.45, 2.75) is 0 Å². The van der Waals surface area contributed by atoms with Gasteiger partial charge in [-0.25, -0.2) is 9.97 Å². The maximum atomic E-state index is 6.62. The molecule has 0 aliphatic heterocycles. The number of rotatable bonds is 4. The van der Waals surface area contributed by atoms with E-state index in [0.717, 1.165) is 125 Å². The zero-order valence-corrected chi connectivity index (χ0v) is 33.3. The Kier molecular flexibility index (Phi) is 6.89. The molecule has 13 aromatic rings. The van der Waals surface area contributed by atoms with E-state index < -0.39 is 0 Å². The third-order valence-electron chi connectivity index (χ3n) is 11.7. The van der Waals surface area contributed by atoms with E-state index >= 15 is 0 Å². The second-order valence-electron chi connectivity index (χ2n) is 15.0. The van der Waals surface area contributed by atoms with Crippen molar-refractivity contribution in [3.8, 4) is 39.6 Å². The van der Waals surface area contributed by atoms with Crippen molar-refractivity contribution in [1.82, 2.24) is 14.5 Å². The second kappa shape index (κ2) is 12.4. The number of hydrogen-bond donors (Lipinski definition) is 0. The van der Waals surface area contributed by atoms with Crippen LogP contribution < -0.4 is 0 Å². The molecular weight excluding hydrogens is 841 g/mol. The molecule has 0 aliphatic rings. The summed E-state index contributed by atoms with van der Waals surface area (Å²) in [6.45, 7) is 0. The van der Waals surface area contributed by atoms with E-state index in [-0.39, 0.29) is 0 Å². The van der Waals surface area contributed by atoms with E-state index in [1.54, 1.807) is 0 Å². The Labute approximate surface area is 349 Å². The van der Waals surface area contributed by atoms with Crippen molar-refractivity contribution in [3.05, 3.63) is 173 Å². The normalized spacial score (nSPS) is 12.2. The molecule has 0 bridgehead atoms. The van der Waals surface area contributed by atoms with E-state index in [9.17, 15) is 0 Å². The largest absolute Gasteiger partial charge is 0.456 e. The summed E-state index contributed by atoms with van der Waals surface area (Å²) in [7, 11) is 0. The molecule has 5 heterocycles. The molecule has 13 rings (SSSR count). The molecule has 0 radical (unpaired) electrons. The van der Waals surface area contributed by atoms with Gasteiger partial charge in [0.2, 0.25) is 0 Å². The van der Waals surface area contributed by atoms with Gasteiger partial charge < -0.3 is 13.3 Å². The molecule has 0 unspecified atom stereocenters. The van der Waals surface area contributed by atoms with Crippen molar-refractivity contribution < 1.29 is 13.3 Å². The Hall–Kier alpha value is -7.23. The van der Waals surface area contributed by atoms with Crippen molar-refractivity contribution in [1.29, 1.82) is 0 Å². The fourth-order valence-corrected chi connectivity index (χ4v) is 9.95. The van der Waals surface area contributed by atoms with Crippen LogP contribution in [0.2, 0.25) is 0 Å². The lowest BCUT2D eigenvalue weighted by atomic mass is 9.96. The number of fused-ring (bicyclic) bond motifs is 13. The molecule has 5 aromatic heterocycles. The van der Waals surface area contributed by atoms with Crippen molar-refractivity contribution in [3.63, 3.8) is 0 Å². The Morgan fingerprint density at radius 1 is 0.407 bits per heavy atom. The predicted octanol–water partition coefficient (Wildman–Crippen LogP) is 14.9. The fraction of sp³-hybridized carbons (Fsp3) is 0. The van der Waals surface area contributed by atoms with Gasteiger partial charge in [0.15, 0.2) is 11.6 Å². The summed E-state index contributed by atoms with van der Waals surface area (Å²) in [6.07, 6.45) is 0. The highest BCUT2D eigenvalue weighted by Gasteiger charge is 2.26. The van der Waals surface area contributed by atoms with Crippen LogP contribution in [-0.2, 0) is 0 Å². The molecule has 276 valence electrons. The first-order valence-corrected chi connectivity index (χ1v) is 20.6.